The van der Waals surface area contributed by atoms with Gasteiger partial charge in [-0.15, -0.1) is 0 Å². The molecular formula is C13H15F4NS. The summed E-state index contributed by atoms with van der Waals surface area (Å²) in [6.45, 7) is 0.352. The standard InChI is InChI=1S/C13H15F4NS/c14-11-3-1-2-9(6-11)10-7-12(8-10)18-4-5-19-13(15,16)17/h1-3,6,10,12,18H,4-5,7-8H2. The first-order valence-corrected chi connectivity index (χ1v) is 7.12. The Morgan fingerprint density at radius 1 is 1.26 bits per heavy atom. The normalized spacial score (nSPS) is 23.2. The van der Waals surface area contributed by atoms with Gasteiger partial charge in [0, 0.05) is 18.3 Å². The maximum atomic E-state index is 13.0. The SMILES string of the molecule is Fc1cccc(C2CC(NCCSC(F)(F)F)C2)c1. The molecule has 2 rings (SSSR count). The molecule has 106 valence electrons. The molecule has 1 nitrogen and oxygen atoms in total. The van der Waals surface area contributed by atoms with Crippen LogP contribution in [-0.2, 0) is 0 Å². The van der Waals surface area contributed by atoms with E-state index >= 15 is 0 Å². The lowest BCUT2D eigenvalue weighted by Crippen LogP contribution is -2.41. The molecule has 0 atom stereocenters. The van der Waals surface area contributed by atoms with Crippen LogP contribution in [0.4, 0.5) is 17.6 Å². The highest BCUT2D eigenvalue weighted by Crippen LogP contribution is 2.37. The molecule has 0 bridgehead atoms. The van der Waals surface area contributed by atoms with E-state index in [9.17, 15) is 17.6 Å². The van der Waals surface area contributed by atoms with Gasteiger partial charge in [-0.2, -0.15) is 13.2 Å². The number of rotatable bonds is 5. The second kappa shape index (κ2) is 6.13. The molecule has 6 heteroatoms. The molecular weight excluding hydrogens is 278 g/mol. The summed E-state index contributed by atoms with van der Waals surface area (Å²) in [5.41, 5.74) is -3.17. The van der Waals surface area contributed by atoms with E-state index in [1.807, 2.05) is 6.07 Å². The van der Waals surface area contributed by atoms with E-state index in [2.05, 4.69) is 5.32 Å². The molecule has 0 radical (unpaired) electrons. The van der Waals surface area contributed by atoms with E-state index in [0.29, 0.717) is 12.5 Å². The van der Waals surface area contributed by atoms with E-state index in [-0.39, 0.29) is 29.4 Å². The molecule has 1 aromatic rings. The number of benzene rings is 1. The van der Waals surface area contributed by atoms with Crippen molar-refractivity contribution in [3.63, 3.8) is 0 Å². The Kier molecular flexibility index (Phi) is 4.73. The minimum atomic E-state index is -4.15. The summed E-state index contributed by atoms with van der Waals surface area (Å²) in [5.74, 6) is 0.115. The topological polar surface area (TPSA) is 12.0 Å². The average molecular weight is 293 g/mol. The van der Waals surface area contributed by atoms with Crippen molar-refractivity contribution in [3.8, 4) is 0 Å². The molecule has 0 heterocycles. The van der Waals surface area contributed by atoms with Crippen molar-refractivity contribution < 1.29 is 17.6 Å². The van der Waals surface area contributed by atoms with Crippen LogP contribution in [0.1, 0.15) is 24.3 Å². The lowest BCUT2D eigenvalue weighted by Gasteiger charge is -2.36. The van der Waals surface area contributed by atoms with Gasteiger partial charge < -0.3 is 5.32 Å². The van der Waals surface area contributed by atoms with Gasteiger partial charge in [0.25, 0.3) is 0 Å². The summed E-state index contributed by atoms with van der Waals surface area (Å²) in [4.78, 5) is 0. The van der Waals surface area contributed by atoms with Crippen molar-refractivity contribution >= 4 is 11.8 Å². The summed E-state index contributed by atoms with van der Waals surface area (Å²) < 4.78 is 48.7. The summed E-state index contributed by atoms with van der Waals surface area (Å²) in [6, 6.07) is 6.77. The van der Waals surface area contributed by atoms with Gasteiger partial charge in [0.05, 0.1) is 0 Å². The van der Waals surface area contributed by atoms with Gasteiger partial charge in [-0.3, -0.25) is 0 Å². The lowest BCUT2D eigenvalue weighted by molar-refractivity contribution is -0.0327. The molecule has 1 aliphatic carbocycles. The smallest absolute Gasteiger partial charge is 0.313 e. The average Bonchev–Trinajstić information content (AvgIpc) is 2.24. The molecule has 1 aromatic carbocycles. The van der Waals surface area contributed by atoms with E-state index in [0.717, 1.165) is 18.4 Å². The fraction of sp³-hybridized carbons (Fsp3) is 0.538. The predicted molar refractivity (Wildman–Crippen MR) is 68.7 cm³/mol. The second-order valence-electron chi connectivity index (χ2n) is 4.67. The van der Waals surface area contributed by atoms with Crippen molar-refractivity contribution in [2.75, 3.05) is 12.3 Å². The largest absolute Gasteiger partial charge is 0.441 e. The lowest BCUT2D eigenvalue weighted by atomic mass is 9.76. The number of hydrogen-bond donors (Lipinski definition) is 1. The zero-order chi connectivity index (χ0) is 13.9. The number of thioether (sulfide) groups is 1. The van der Waals surface area contributed by atoms with Crippen molar-refractivity contribution in [2.24, 2.45) is 0 Å². The molecule has 0 aromatic heterocycles. The Balaban J connectivity index is 1.64. The quantitative estimate of drug-likeness (QED) is 0.652. The van der Waals surface area contributed by atoms with Crippen LogP contribution in [0.25, 0.3) is 0 Å². The molecule has 1 N–H and O–H groups in total. The zero-order valence-corrected chi connectivity index (χ0v) is 11.0. The predicted octanol–water partition coefficient (Wildman–Crippen LogP) is 3.91. The molecule has 19 heavy (non-hydrogen) atoms. The monoisotopic (exact) mass is 293 g/mol. The molecule has 1 saturated carbocycles. The molecule has 0 amide bonds. The molecule has 0 spiro atoms. The van der Waals surface area contributed by atoms with Crippen LogP contribution in [0.2, 0.25) is 0 Å². The van der Waals surface area contributed by atoms with Crippen LogP contribution < -0.4 is 5.32 Å². The van der Waals surface area contributed by atoms with Crippen LogP contribution in [-0.4, -0.2) is 23.8 Å². The number of nitrogens with one attached hydrogen (secondary N) is 1. The number of alkyl halides is 3. The summed E-state index contributed by atoms with van der Waals surface area (Å²) in [6.07, 6.45) is 1.72. The van der Waals surface area contributed by atoms with Crippen LogP contribution in [0.5, 0.6) is 0 Å². The third-order valence-corrected chi connectivity index (χ3v) is 3.99. The van der Waals surface area contributed by atoms with Gasteiger partial charge in [0.1, 0.15) is 5.82 Å². The zero-order valence-electron chi connectivity index (χ0n) is 10.2. The summed E-state index contributed by atoms with van der Waals surface area (Å²) >= 11 is -0.00282. The first-order chi connectivity index (χ1) is 8.94. The highest BCUT2D eigenvalue weighted by atomic mass is 32.2. The summed E-state index contributed by atoms with van der Waals surface area (Å²) in [7, 11) is 0. The highest BCUT2D eigenvalue weighted by Gasteiger charge is 2.31. The third kappa shape index (κ3) is 4.69. The Hall–Kier alpha value is -0.750. The first kappa shape index (κ1) is 14.7. The maximum Gasteiger partial charge on any atom is 0.441 e. The first-order valence-electron chi connectivity index (χ1n) is 6.13. The van der Waals surface area contributed by atoms with Crippen LogP contribution in [0, 0.1) is 5.82 Å². The summed E-state index contributed by atoms with van der Waals surface area (Å²) in [5, 5.41) is 3.09. The maximum absolute atomic E-state index is 13.0. The van der Waals surface area contributed by atoms with Crippen molar-refractivity contribution in [3.05, 3.63) is 35.6 Å². The Labute approximate surface area is 113 Å². The van der Waals surface area contributed by atoms with Gasteiger partial charge in [-0.1, -0.05) is 12.1 Å². The number of hydrogen-bond acceptors (Lipinski definition) is 2. The van der Waals surface area contributed by atoms with Crippen LogP contribution in [0.15, 0.2) is 24.3 Å². The van der Waals surface area contributed by atoms with Gasteiger partial charge in [0.2, 0.25) is 0 Å². The molecule has 0 saturated heterocycles. The van der Waals surface area contributed by atoms with E-state index in [4.69, 9.17) is 0 Å². The van der Waals surface area contributed by atoms with E-state index in [1.54, 1.807) is 6.07 Å². The fourth-order valence-electron chi connectivity index (χ4n) is 2.25. The molecule has 1 aliphatic rings. The molecule has 1 fully saturated rings. The van der Waals surface area contributed by atoms with Crippen molar-refractivity contribution in [2.45, 2.75) is 30.3 Å². The van der Waals surface area contributed by atoms with Gasteiger partial charge in [-0.25, -0.2) is 4.39 Å². The minimum Gasteiger partial charge on any atom is -0.313 e. The third-order valence-electron chi connectivity index (χ3n) is 3.26. The molecule has 0 aliphatic heterocycles. The fourth-order valence-corrected chi connectivity index (χ4v) is 2.70. The van der Waals surface area contributed by atoms with E-state index < -0.39 is 5.51 Å². The van der Waals surface area contributed by atoms with Crippen LogP contribution in [0.3, 0.4) is 0 Å². The van der Waals surface area contributed by atoms with Crippen molar-refractivity contribution in [1.29, 1.82) is 0 Å². The van der Waals surface area contributed by atoms with Crippen LogP contribution >= 0.6 is 11.8 Å². The highest BCUT2D eigenvalue weighted by molar-refractivity contribution is 8.00. The second-order valence-corrected chi connectivity index (χ2v) is 5.83. The van der Waals surface area contributed by atoms with Gasteiger partial charge >= 0.3 is 5.51 Å². The van der Waals surface area contributed by atoms with Crippen molar-refractivity contribution in [1.82, 2.24) is 5.32 Å². The number of halogens is 4. The molecule has 0 unspecified atom stereocenters. The van der Waals surface area contributed by atoms with Gasteiger partial charge in [0.15, 0.2) is 0 Å². The Morgan fingerprint density at radius 3 is 2.63 bits per heavy atom. The van der Waals surface area contributed by atoms with Gasteiger partial charge in [-0.05, 0) is 48.2 Å². The van der Waals surface area contributed by atoms with E-state index in [1.165, 1.54) is 12.1 Å². The minimum absolute atomic E-state index is 0.00282. The Morgan fingerprint density at radius 2 is 2.00 bits per heavy atom. The Bertz CT molecular complexity index is 415.